The number of hydrogen-bond acceptors (Lipinski definition) is 3. The molecule has 3 rings (SSSR count). The second-order valence-corrected chi connectivity index (χ2v) is 5.41. The Morgan fingerprint density at radius 1 is 1.20 bits per heavy atom. The number of methoxy groups -OCH3 is 1. The lowest BCUT2D eigenvalue weighted by atomic mass is 10.1. The number of halogens is 1. The van der Waals surface area contributed by atoms with Crippen molar-refractivity contribution < 1.29 is 9.53 Å². The van der Waals surface area contributed by atoms with Crippen LogP contribution in [0, 0.1) is 0 Å². The SMILES string of the molecule is COc1ccc(N2CC(=O)Nc3ccc(Br)cc32)cc1. The van der Waals surface area contributed by atoms with Crippen molar-refractivity contribution in [3.05, 3.63) is 46.9 Å². The second kappa shape index (κ2) is 5.17. The second-order valence-electron chi connectivity index (χ2n) is 4.49. The van der Waals surface area contributed by atoms with E-state index < -0.39 is 0 Å². The molecule has 102 valence electrons. The minimum atomic E-state index is -0.0179. The normalized spacial score (nSPS) is 13.7. The minimum absolute atomic E-state index is 0.0179. The molecule has 2 aromatic carbocycles. The number of rotatable bonds is 2. The van der Waals surface area contributed by atoms with Crippen LogP contribution < -0.4 is 15.0 Å². The van der Waals surface area contributed by atoms with Crippen LogP contribution in [0.2, 0.25) is 0 Å². The van der Waals surface area contributed by atoms with Crippen LogP contribution in [0.25, 0.3) is 0 Å². The van der Waals surface area contributed by atoms with Crippen LogP contribution in [0.1, 0.15) is 0 Å². The van der Waals surface area contributed by atoms with E-state index in [0.29, 0.717) is 6.54 Å². The van der Waals surface area contributed by atoms with E-state index in [1.807, 2.05) is 47.4 Å². The van der Waals surface area contributed by atoms with Crippen molar-refractivity contribution in [1.82, 2.24) is 0 Å². The number of fused-ring (bicyclic) bond motifs is 1. The van der Waals surface area contributed by atoms with Gasteiger partial charge in [0.2, 0.25) is 5.91 Å². The van der Waals surface area contributed by atoms with Gasteiger partial charge < -0.3 is 15.0 Å². The van der Waals surface area contributed by atoms with Crippen molar-refractivity contribution >= 4 is 38.9 Å². The molecule has 1 N–H and O–H groups in total. The third-order valence-corrected chi connectivity index (χ3v) is 3.70. The van der Waals surface area contributed by atoms with Crippen LogP contribution >= 0.6 is 15.9 Å². The summed E-state index contributed by atoms with van der Waals surface area (Å²) >= 11 is 3.47. The summed E-state index contributed by atoms with van der Waals surface area (Å²) in [5.41, 5.74) is 2.75. The van der Waals surface area contributed by atoms with Crippen LogP contribution in [-0.4, -0.2) is 19.6 Å². The van der Waals surface area contributed by atoms with Gasteiger partial charge in [-0.3, -0.25) is 4.79 Å². The molecule has 0 bridgehead atoms. The average molecular weight is 333 g/mol. The van der Waals surface area contributed by atoms with Crippen molar-refractivity contribution in [2.75, 3.05) is 23.9 Å². The van der Waals surface area contributed by atoms with Gasteiger partial charge in [0, 0.05) is 10.2 Å². The van der Waals surface area contributed by atoms with Crippen molar-refractivity contribution in [1.29, 1.82) is 0 Å². The number of ether oxygens (including phenoxy) is 1. The van der Waals surface area contributed by atoms with Gasteiger partial charge in [-0.25, -0.2) is 0 Å². The maximum Gasteiger partial charge on any atom is 0.244 e. The first-order valence-electron chi connectivity index (χ1n) is 6.18. The zero-order valence-corrected chi connectivity index (χ0v) is 12.5. The molecule has 0 aliphatic carbocycles. The summed E-state index contributed by atoms with van der Waals surface area (Å²) < 4.78 is 6.14. The topological polar surface area (TPSA) is 41.6 Å². The monoisotopic (exact) mass is 332 g/mol. The Morgan fingerprint density at radius 2 is 1.95 bits per heavy atom. The highest BCUT2D eigenvalue weighted by molar-refractivity contribution is 9.10. The lowest BCUT2D eigenvalue weighted by Gasteiger charge is -2.31. The molecule has 0 saturated heterocycles. The molecule has 1 aliphatic heterocycles. The molecule has 0 saturated carbocycles. The van der Waals surface area contributed by atoms with E-state index in [1.54, 1.807) is 7.11 Å². The van der Waals surface area contributed by atoms with E-state index in [4.69, 9.17) is 4.74 Å². The first-order chi connectivity index (χ1) is 9.67. The molecule has 1 heterocycles. The van der Waals surface area contributed by atoms with Gasteiger partial charge >= 0.3 is 0 Å². The molecule has 2 aromatic rings. The van der Waals surface area contributed by atoms with Gasteiger partial charge in [0.1, 0.15) is 12.3 Å². The molecule has 0 spiro atoms. The van der Waals surface area contributed by atoms with Crippen LogP contribution in [-0.2, 0) is 4.79 Å². The number of hydrogen-bond donors (Lipinski definition) is 1. The summed E-state index contributed by atoms with van der Waals surface area (Å²) in [4.78, 5) is 13.8. The van der Waals surface area contributed by atoms with E-state index in [-0.39, 0.29) is 5.91 Å². The molecule has 0 unspecified atom stereocenters. The maximum absolute atomic E-state index is 11.8. The molecule has 0 atom stereocenters. The number of carbonyl (C=O) groups excluding carboxylic acids is 1. The van der Waals surface area contributed by atoms with E-state index in [9.17, 15) is 4.79 Å². The van der Waals surface area contributed by atoms with Gasteiger partial charge in [-0.05, 0) is 42.5 Å². The summed E-state index contributed by atoms with van der Waals surface area (Å²) in [5, 5.41) is 2.88. The fraction of sp³-hybridized carbons (Fsp3) is 0.133. The molecule has 20 heavy (non-hydrogen) atoms. The van der Waals surface area contributed by atoms with E-state index >= 15 is 0 Å². The number of nitrogens with zero attached hydrogens (tertiary/aromatic N) is 1. The highest BCUT2D eigenvalue weighted by Crippen LogP contribution is 2.37. The Bertz CT molecular complexity index is 655. The third-order valence-electron chi connectivity index (χ3n) is 3.21. The summed E-state index contributed by atoms with van der Waals surface area (Å²) in [6.07, 6.45) is 0. The molecule has 0 radical (unpaired) electrons. The molecule has 1 aliphatic rings. The van der Waals surface area contributed by atoms with Crippen LogP contribution in [0.4, 0.5) is 17.1 Å². The van der Waals surface area contributed by atoms with Crippen LogP contribution in [0.3, 0.4) is 0 Å². The Morgan fingerprint density at radius 3 is 2.65 bits per heavy atom. The van der Waals surface area contributed by atoms with Crippen molar-refractivity contribution in [2.45, 2.75) is 0 Å². The summed E-state index contributed by atoms with van der Waals surface area (Å²) in [5.74, 6) is 0.778. The number of amides is 1. The number of carbonyl (C=O) groups is 1. The van der Waals surface area contributed by atoms with Crippen LogP contribution in [0.5, 0.6) is 5.75 Å². The lowest BCUT2D eigenvalue weighted by molar-refractivity contribution is -0.115. The number of anilines is 3. The molecule has 1 amide bonds. The summed E-state index contributed by atoms with van der Waals surface area (Å²) in [6, 6.07) is 13.5. The fourth-order valence-corrected chi connectivity index (χ4v) is 2.59. The van der Waals surface area contributed by atoms with E-state index in [0.717, 1.165) is 27.3 Å². The fourth-order valence-electron chi connectivity index (χ4n) is 2.24. The van der Waals surface area contributed by atoms with E-state index in [1.165, 1.54) is 0 Å². The van der Waals surface area contributed by atoms with Gasteiger partial charge in [0.25, 0.3) is 0 Å². The first kappa shape index (κ1) is 13.0. The average Bonchev–Trinajstić information content (AvgIpc) is 2.47. The van der Waals surface area contributed by atoms with Gasteiger partial charge in [0.05, 0.1) is 18.5 Å². The first-order valence-corrected chi connectivity index (χ1v) is 6.97. The maximum atomic E-state index is 11.8. The Kier molecular flexibility index (Phi) is 3.36. The standard InChI is InChI=1S/C15H13BrN2O2/c1-20-12-5-3-11(4-6-12)18-9-15(19)17-13-7-2-10(16)8-14(13)18/h2-8H,9H2,1H3,(H,17,19). The number of nitrogens with one attached hydrogen (secondary N) is 1. The summed E-state index contributed by atoms with van der Waals surface area (Å²) in [7, 11) is 1.63. The van der Waals surface area contributed by atoms with Gasteiger partial charge in [-0.1, -0.05) is 15.9 Å². The molecular weight excluding hydrogens is 320 g/mol. The largest absolute Gasteiger partial charge is 0.497 e. The third kappa shape index (κ3) is 2.36. The predicted molar refractivity (Wildman–Crippen MR) is 82.8 cm³/mol. The molecular formula is C15H13BrN2O2. The smallest absolute Gasteiger partial charge is 0.244 e. The highest BCUT2D eigenvalue weighted by atomic mass is 79.9. The molecule has 4 nitrogen and oxygen atoms in total. The van der Waals surface area contributed by atoms with Crippen molar-refractivity contribution in [3.8, 4) is 5.75 Å². The zero-order chi connectivity index (χ0) is 14.1. The lowest BCUT2D eigenvalue weighted by Crippen LogP contribution is -2.34. The molecule has 0 aromatic heterocycles. The molecule has 5 heteroatoms. The quantitative estimate of drug-likeness (QED) is 0.914. The van der Waals surface area contributed by atoms with Crippen molar-refractivity contribution in [3.63, 3.8) is 0 Å². The number of benzene rings is 2. The highest BCUT2D eigenvalue weighted by Gasteiger charge is 2.23. The molecule has 0 fully saturated rings. The summed E-state index contributed by atoms with van der Waals surface area (Å²) in [6.45, 7) is 0.301. The Balaban J connectivity index is 2.04. The predicted octanol–water partition coefficient (Wildman–Crippen LogP) is 3.55. The van der Waals surface area contributed by atoms with Gasteiger partial charge in [0.15, 0.2) is 0 Å². The zero-order valence-electron chi connectivity index (χ0n) is 10.9. The van der Waals surface area contributed by atoms with E-state index in [2.05, 4.69) is 21.2 Å². The van der Waals surface area contributed by atoms with Crippen LogP contribution in [0.15, 0.2) is 46.9 Å². The Hall–Kier alpha value is -2.01. The van der Waals surface area contributed by atoms with Crippen molar-refractivity contribution in [2.24, 2.45) is 0 Å². The Labute approximate surface area is 125 Å². The van der Waals surface area contributed by atoms with Gasteiger partial charge in [-0.2, -0.15) is 0 Å². The van der Waals surface area contributed by atoms with Gasteiger partial charge in [-0.15, -0.1) is 0 Å². The minimum Gasteiger partial charge on any atom is -0.497 e.